The van der Waals surface area contributed by atoms with E-state index in [1.54, 1.807) is 13.8 Å². The highest BCUT2D eigenvalue weighted by atomic mass is 19.1. The standard InChI is InChI=1S/C17H15FN4O3/c1-6-10(3)25-15-9-14(12(18)8-13(15)19-5)22-17(24)21(7-2)16(23)11(4)20-22/h1,8-10H,7H2,2-4H3. The van der Waals surface area contributed by atoms with Gasteiger partial charge < -0.3 is 4.74 Å². The minimum absolute atomic E-state index is 0.0254. The van der Waals surface area contributed by atoms with Crippen LogP contribution in [0.3, 0.4) is 0 Å². The Morgan fingerprint density at radius 2 is 2.16 bits per heavy atom. The van der Waals surface area contributed by atoms with Crippen molar-refractivity contribution in [3.05, 3.63) is 55.9 Å². The second kappa shape index (κ2) is 7.02. The fourth-order valence-corrected chi connectivity index (χ4v) is 2.17. The summed E-state index contributed by atoms with van der Waals surface area (Å²) in [6.07, 6.45) is 4.60. The molecule has 0 saturated heterocycles. The lowest BCUT2D eigenvalue weighted by atomic mass is 10.2. The molecule has 8 heteroatoms. The van der Waals surface area contributed by atoms with E-state index in [-0.39, 0.29) is 29.4 Å². The van der Waals surface area contributed by atoms with Crippen LogP contribution in [0.2, 0.25) is 0 Å². The molecular weight excluding hydrogens is 327 g/mol. The number of terminal acetylenes is 1. The van der Waals surface area contributed by atoms with Crippen molar-refractivity contribution >= 4 is 5.69 Å². The van der Waals surface area contributed by atoms with Crippen molar-refractivity contribution in [1.29, 1.82) is 0 Å². The van der Waals surface area contributed by atoms with E-state index in [9.17, 15) is 14.0 Å². The van der Waals surface area contributed by atoms with E-state index in [0.717, 1.165) is 15.3 Å². The molecule has 2 rings (SSSR count). The molecule has 1 aromatic heterocycles. The molecule has 0 radical (unpaired) electrons. The van der Waals surface area contributed by atoms with Crippen molar-refractivity contribution in [2.45, 2.75) is 33.4 Å². The van der Waals surface area contributed by atoms with Gasteiger partial charge in [0, 0.05) is 6.54 Å². The minimum Gasteiger partial charge on any atom is -0.489 e. The van der Waals surface area contributed by atoms with Crippen LogP contribution in [0.1, 0.15) is 19.5 Å². The first-order valence-corrected chi connectivity index (χ1v) is 7.39. The van der Waals surface area contributed by atoms with E-state index >= 15 is 0 Å². The number of halogens is 1. The SMILES string of the molecule is [C-]#[N+]c1cc(F)c(-n2nc(C)c(=O)n(CC)c2=O)cc1OC(C)C#C. The zero-order valence-electron chi connectivity index (χ0n) is 13.9. The summed E-state index contributed by atoms with van der Waals surface area (Å²) < 4.78 is 21.6. The van der Waals surface area contributed by atoms with E-state index in [1.165, 1.54) is 13.0 Å². The summed E-state index contributed by atoms with van der Waals surface area (Å²) in [6.45, 7) is 11.9. The minimum atomic E-state index is -0.845. The van der Waals surface area contributed by atoms with E-state index in [2.05, 4.69) is 15.9 Å². The molecule has 0 aliphatic heterocycles. The van der Waals surface area contributed by atoms with E-state index in [0.29, 0.717) is 0 Å². The van der Waals surface area contributed by atoms with Gasteiger partial charge in [-0.1, -0.05) is 5.92 Å². The van der Waals surface area contributed by atoms with Crippen molar-refractivity contribution in [2.75, 3.05) is 0 Å². The Balaban J connectivity index is 2.77. The summed E-state index contributed by atoms with van der Waals surface area (Å²) in [5.74, 6) is 1.52. The lowest BCUT2D eigenvalue weighted by Crippen LogP contribution is -2.42. The van der Waals surface area contributed by atoms with Gasteiger partial charge in [0.05, 0.1) is 6.57 Å². The van der Waals surface area contributed by atoms with Gasteiger partial charge in [-0.2, -0.15) is 9.78 Å². The smallest absolute Gasteiger partial charge is 0.352 e. The summed E-state index contributed by atoms with van der Waals surface area (Å²) in [7, 11) is 0. The first-order chi connectivity index (χ1) is 11.8. The quantitative estimate of drug-likeness (QED) is 0.628. The molecule has 0 saturated carbocycles. The van der Waals surface area contributed by atoms with Crippen LogP contribution in [-0.4, -0.2) is 20.5 Å². The topological polar surface area (TPSA) is 70.5 Å². The van der Waals surface area contributed by atoms with Crippen molar-refractivity contribution in [1.82, 2.24) is 14.3 Å². The molecule has 0 amide bonds. The summed E-state index contributed by atoms with van der Waals surface area (Å²) in [4.78, 5) is 27.6. The van der Waals surface area contributed by atoms with Crippen LogP contribution >= 0.6 is 0 Å². The highest BCUT2D eigenvalue weighted by Crippen LogP contribution is 2.32. The highest BCUT2D eigenvalue weighted by Gasteiger charge is 2.18. The maximum Gasteiger partial charge on any atom is 0.352 e. The molecule has 0 fully saturated rings. The van der Waals surface area contributed by atoms with Crippen LogP contribution in [-0.2, 0) is 6.54 Å². The summed E-state index contributed by atoms with van der Waals surface area (Å²) in [5.41, 5.74) is -1.61. The van der Waals surface area contributed by atoms with Crippen LogP contribution in [0, 0.1) is 31.7 Å². The molecule has 0 N–H and O–H groups in total. The van der Waals surface area contributed by atoms with Crippen LogP contribution in [0.5, 0.6) is 5.75 Å². The lowest BCUT2D eigenvalue weighted by molar-refractivity contribution is 0.280. The largest absolute Gasteiger partial charge is 0.489 e. The van der Waals surface area contributed by atoms with Gasteiger partial charge in [-0.3, -0.25) is 9.36 Å². The molecule has 0 bridgehead atoms. The molecule has 7 nitrogen and oxygen atoms in total. The third kappa shape index (κ3) is 3.29. The Labute approximate surface area is 143 Å². The van der Waals surface area contributed by atoms with E-state index in [1.807, 2.05) is 0 Å². The Morgan fingerprint density at radius 1 is 1.48 bits per heavy atom. The predicted octanol–water partition coefficient (Wildman–Crippen LogP) is 1.81. The number of hydrogen-bond acceptors (Lipinski definition) is 4. The number of aromatic nitrogens is 3. The Hall–Kier alpha value is -3.39. The molecule has 0 aliphatic carbocycles. The van der Waals surface area contributed by atoms with Crippen LogP contribution in [0.4, 0.5) is 10.1 Å². The average Bonchev–Trinajstić information content (AvgIpc) is 2.59. The molecule has 1 heterocycles. The highest BCUT2D eigenvalue weighted by molar-refractivity contribution is 5.62. The van der Waals surface area contributed by atoms with Gasteiger partial charge in [0.15, 0.2) is 6.10 Å². The predicted molar refractivity (Wildman–Crippen MR) is 89.6 cm³/mol. The number of rotatable bonds is 4. The lowest BCUT2D eigenvalue weighted by Gasteiger charge is -2.14. The molecule has 128 valence electrons. The number of nitrogens with zero attached hydrogens (tertiary/aromatic N) is 4. The fraction of sp³-hybridized carbons (Fsp3) is 0.294. The Morgan fingerprint density at radius 3 is 2.72 bits per heavy atom. The molecule has 25 heavy (non-hydrogen) atoms. The van der Waals surface area contributed by atoms with E-state index in [4.69, 9.17) is 17.7 Å². The van der Waals surface area contributed by atoms with Crippen LogP contribution in [0.15, 0.2) is 21.7 Å². The van der Waals surface area contributed by atoms with Crippen LogP contribution < -0.4 is 16.0 Å². The molecule has 1 aromatic carbocycles. The Kier molecular flexibility index (Phi) is 5.04. The molecule has 0 spiro atoms. The third-order valence-electron chi connectivity index (χ3n) is 3.45. The van der Waals surface area contributed by atoms with Gasteiger partial charge in [-0.25, -0.2) is 14.0 Å². The maximum absolute atomic E-state index is 14.4. The average molecular weight is 342 g/mol. The molecule has 1 atom stereocenters. The van der Waals surface area contributed by atoms with Gasteiger partial charge in [0.2, 0.25) is 5.69 Å². The number of benzene rings is 1. The summed E-state index contributed by atoms with van der Waals surface area (Å²) in [5, 5.41) is 3.87. The number of hydrogen-bond donors (Lipinski definition) is 0. The van der Waals surface area contributed by atoms with Gasteiger partial charge in [0.25, 0.3) is 5.56 Å². The zero-order chi connectivity index (χ0) is 18.7. The van der Waals surface area contributed by atoms with Gasteiger partial charge in [-0.15, -0.1) is 6.42 Å². The monoisotopic (exact) mass is 342 g/mol. The maximum atomic E-state index is 14.4. The van der Waals surface area contributed by atoms with Crippen molar-refractivity contribution < 1.29 is 9.13 Å². The first-order valence-electron chi connectivity index (χ1n) is 7.39. The number of aryl methyl sites for hydroxylation is 1. The van der Waals surface area contributed by atoms with Gasteiger partial charge >= 0.3 is 5.69 Å². The Bertz CT molecular complexity index is 1020. The molecule has 0 aliphatic rings. The van der Waals surface area contributed by atoms with Crippen molar-refractivity contribution in [3.63, 3.8) is 0 Å². The third-order valence-corrected chi connectivity index (χ3v) is 3.45. The van der Waals surface area contributed by atoms with Crippen molar-refractivity contribution in [3.8, 4) is 23.8 Å². The number of ether oxygens (including phenoxy) is 1. The first kappa shape index (κ1) is 18.0. The normalized spacial score (nSPS) is 11.4. The van der Waals surface area contributed by atoms with Gasteiger partial charge in [-0.05, 0) is 32.9 Å². The fourth-order valence-electron chi connectivity index (χ4n) is 2.17. The van der Waals surface area contributed by atoms with Crippen LogP contribution in [0.25, 0.3) is 10.5 Å². The molecule has 1 unspecified atom stereocenters. The second-order valence-corrected chi connectivity index (χ2v) is 5.14. The second-order valence-electron chi connectivity index (χ2n) is 5.14. The van der Waals surface area contributed by atoms with Crippen molar-refractivity contribution in [2.24, 2.45) is 0 Å². The summed E-state index contributed by atoms with van der Waals surface area (Å²) >= 11 is 0. The van der Waals surface area contributed by atoms with E-state index < -0.39 is 23.2 Å². The summed E-state index contributed by atoms with van der Waals surface area (Å²) in [6, 6.07) is 2.11. The molecular formula is C17H15FN4O3. The molecule has 2 aromatic rings. The van der Waals surface area contributed by atoms with Gasteiger partial charge in [0.1, 0.15) is 22.9 Å². The zero-order valence-corrected chi connectivity index (χ0v) is 13.9.